The number of imidazole rings is 1. The largest absolute Gasteiger partial charge is 0.469 e. The quantitative estimate of drug-likeness (QED) is 0.386. The molecule has 3 heterocycles. The number of ether oxygens (including phenoxy) is 1. The molecule has 0 aliphatic carbocycles. The van der Waals surface area contributed by atoms with Crippen LogP contribution in [0.25, 0.3) is 11.2 Å². The van der Waals surface area contributed by atoms with Crippen molar-refractivity contribution in [2.24, 2.45) is 7.05 Å². The molecule has 2 aromatic heterocycles. The lowest BCUT2D eigenvalue weighted by Crippen LogP contribution is -2.32. The number of aryl methyl sites for hydroxylation is 1. The molecule has 2 aromatic rings. The van der Waals surface area contributed by atoms with Gasteiger partial charge >= 0.3 is 7.82 Å². The summed E-state index contributed by atoms with van der Waals surface area (Å²) in [7, 11) is -2.88. The number of aliphatic hydroxyl groups is 1. The minimum absolute atomic E-state index is 0.212. The minimum atomic E-state index is -4.62. The van der Waals surface area contributed by atoms with Crippen LogP contribution in [0.2, 0.25) is 0 Å². The van der Waals surface area contributed by atoms with Gasteiger partial charge in [-0.3, -0.25) is 9.09 Å². The van der Waals surface area contributed by atoms with Crippen molar-refractivity contribution in [1.29, 1.82) is 0 Å². The molecule has 3 atom stereocenters. The predicted octanol–water partition coefficient (Wildman–Crippen LogP) is -1.40. The summed E-state index contributed by atoms with van der Waals surface area (Å²) in [5, 5.41) is 9.98. The van der Waals surface area contributed by atoms with E-state index in [4.69, 9.17) is 20.3 Å². The van der Waals surface area contributed by atoms with Crippen LogP contribution in [0.1, 0.15) is 12.6 Å². The number of hydrogen-bond donors (Lipinski definition) is 4. The second kappa shape index (κ2) is 5.78. The van der Waals surface area contributed by atoms with Crippen LogP contribution in [-0.4, -0.2) is 48.2 Å². The molecule has 0 radical (unpaired) electrons. The zero-order valence-electron chi connectivity index (χ0n) is 12.2. The summed E-state index contributed by atoms with van der Waals surface area (Å²) < 4.78 is 24.0. The van der Waals surface area contributed by atoms with Gasteiger partial charge in [0.1, 0.15) is 18.7 Å². The zero-order chi connectivity index (χ0) is 16.8. The average molecular weight is 346 g/mol. The highest BCUT2D eigenvalue weighted by molar-refractivity contribution is 7.46. The van der Waals surface area contributed by atoms with E-state index in [1.54, 1.807) is 16.2 Å². The minimum Gasteiger partial charge on any atom is -0.390 e. The van der Waals surface area contributed by atoms with Crippen molar-refractivity contribution in [1.82, 2.24) is 14.5 Å². The number of fused-ring (bicyclic) bond motifs is 1. The number of phosphoric ester groups is 1. The number of aromatic nitrogens is 4. The number of hydrogen-bond acceptors (Lipinski definition) is 7. The van der Waals surface area contributed by atoms with Crippen molar-refractivity contribution >= 4 is 24.8 Å². The monoisotopic (exact) mass is 346 g/mol. The van der Waals surface area contributed by atoms with Gasteiger partial charge in [0.2, 0.25) is 12.0 Å². The van der Waals surface area contributed by atoms with Crippen LogP contribution in [0.15, 0.2) is 12.7 Å². The molecule has 126 valence electrons. The first-order chi connectivity index (χ1) is 10.8. The molecule has 0 spiro atoms. The fourth-order valence-corrected chi connectivity index (χ4v) is 2.79. The van der Waals surface area contributed by atoms with Crippen LogP contribution in [0.4, 0.5) is 5.82 Å². The Morgan fingerprint density at radius 2 is 2.30 bits per heavy atom. The van der Waals surface area contributed by atoms with Gasteiger partial charge in [0, 0.05) is 6.42 Å². The van der Waals surface area contributed by atoms with Crippen LogP contribution < -0.4 is 10.3 Å². The van der Waals surface area contributed by atoms with E-state index in [2.05, 4.69) is 14.5 Å². The number of nitrogens with zero attached hydrogens (tertiary/aromatic N) is 4. The Bertz CT molecular complexity index is 776. The molecule has 1 aliphatic heterocycles. The zero-order valence-corrected chi connectivity index (χ0v) is 13.1. The van der Waals surface area contributed by atoms with E-state index in [9.17, 15) is 9.67 Å². The van der Waals surface area contributed by atoms with E-state index in [1.807, 2.05) is 0 Å². The first-order valence-electron chi connectivity index (χ1n) is 6.76. The molecular formula is C11H17N5O6P+. The molecule has 0 saturated carbocycles. The van der Waals surface area contributed by atoms with Gasteiger partial charge in [-0.1, -0.05) is 4.98 Å². The smallest absolute Gasteiger partial charge is 0.390 e. The highest BCUT2D eigenvalue weighted by Crippen LogP contribution is 2.38. The molecule has 0 aromatic carbocycles. The molecule has 0 unspecified atom stereocenters. The molecule has 1 fully saturated rings. The third kappa shape index (κ3) is 3.20. The number of anilines is 1. The van der Waals surface area contributed by atoms with Crippen LogP contribution in [0.5, 0.6) is 0 Å². The highest BCUT2D eigenvalue weighted by atomic mass is 31.2. The van der Waals surface area contributed by atoms with Crippen molar-refractivity contribution in [2.45, 2.75) is 24.9 Å². The van der Waals surface area contributed by atoms with Crippen LogP contribution in [0.3, 0.4) is 0 Å². The van der Waals surface area contributed by atoms with Crippen molar-refractivity contribution < 1.29 is 33.3 Å². The van der Waals surface area contributed by atoms with E-state index in [-0.39, 0.29) is 6.42 Å². The lowest BCUT2D eigenvalue weighted by Gasteiger charge is -2.15. The first-order valence-corrected chi connectivity index (χ1v) is 8.29. The second-order valence-electron chi connectivity index (χ2n) is 5.28. The molecule has 0 amide bonds. The average Bonchev–Trinajstić information content (AvgIpc) is 3.04. The summed E-state index contributed by atoms with van der Waals surface area (Å²) in [5.41, 5.74) is 6.93. The standard InChI is InChI=1S/C11H16N5O6P/c1-15-4-14-11-9(10(15)12)13-5-16(11)8-2-6(17)7(22-8)3-21-23(18,19)20/h4-8,12,17H,2-3H2,1H3,(H2,18,19,20)/p+1/t6-,7+,8+/m0/s1. The third-order valence-electron chi connectivity index (χ3n) is 3.66. The normalized spacial score (nSPS) is 25.3. The van der Waals surface area contributed by atoms with Crippen LogP contribution in [0, 0.1) is 0 Å². The van der Waals surface area contributed by atoms with E-state index in [1.165, 1.54) is 12.7 Å². The van der Waals surface area contributed by atoms with Gasteiger partial charge in [-0.25, -0.2) is 14.1 Å². The Morgan fingerprint density at radius 3 is 3.00 bits per heavy atom. The van der Waals surface area contributed by atoms with Crippen molar-refractivity contribution in [3.05, 3.63) is 12.7 Å². The fraction of sp³-hybridized carbons (Fsp3) is 0.545. The third-order valence-corrected chi connectivity index (χ3v) is 4.15. The lowest BCUT2D eigenvalue weighted by molar-refractivity contribution is -0.658. The van der Waals surface area contributed by atoms with E-state index >= 15 is 0 Å². The Labute approximate surface area is 130 Å². The number of rotatable bonds is 4. The van der Waals surface area contributed by atoms with E-state index in [0.29, 0.717) is 17.0 Å². The van der Waals surface area contributed by atoms with Crippen molar-refractivity contribution in [3.8, 4) is 0 Å². The summed E-state index contributed by atoms with van der Waals surface area (Å²) in [6, 6.07) is 0. The highest BCUT2D eigenvalue weighted by Gasteiger charge is 2.37. The molecule has 0 bridgehead atoms. The van der Waals surface area contributed by atoms with E-state index < -0.39 is 32.9 Å². The summed E-state index contributed by atoms with van der Waals surface area (Å²) >= 11 is 0. The number of nitrogen functional groups attached to an aromatic ring is 1. The summed E-state index contributed by atoms with van der Waals surface area (Å²) in [4.78, 5) is 25.9. The van der Waals surface area contributed by atoms with Gasteiger partial charge in [0.05, 0.1) is 19.8 Å². The number of nitrogens with two attached hydrogens (primary N) is 1. The molecule has 23 heavy (non-hydrogen) atoms. The van der Waals surface area contributed by atoms with Gasteiger partial charge in [0.15, 0.2) is 5.52 Å². The van der Waals surface area contributed by atoms with Crippen LogP contribution >= 0.6 is 7.82 Å². The topological polar surface area (TPSA) is 157 Å². The Morgan fingerprint density at radius 1 is 1.57 bits per heavy atom. The lowest BCUT2D eigenvalue weighted by atomic mass is 10.2. The Balaban J connectivity index is 1.81. The SMILES string of the molecule is C[n+]1cnc2c(ncn2[C@H]2C[C@H](O)[C@@H](COP(=O)(O)O)O2)c1N. The first kappa shape index (κ1) is 16.2. The molecule has 12 heteroatoms. The summed E-state index contributed by atoms with van der Waals surface area (Å²) in [6.07, 6.45) is 0.875. The van der Waals surface area contributed by atoms with Crippen molar-refractivity contribution in [2.75, 3.05) is 12.3 Å². The van der Waals surface area contributed by atoms with Gasteiger partial charge in [0.25, 0.3) is 5.82 Å². The maximum atomic E-state index is 10.7. The van der Waals surface area contributed by atoms with Gasteiger partial charge in [-0.2, -0.15) is 0 Å². The maximum Gasteiger partial charge on any atom is 0.469 e. The second-order valence-corrected chi connectivity index (χ2v) is 6.52. The van der Waals surface area contributed by atoms with E-state index in [0.717, 1.165) is 0 Å². The molecule has 11 nitrogen and oxygen atoms in total. The molecule has 3 rings (SSSR count). The number of aliphatic hydroxyl groups excluding tert-OH is 1. The predicted molar refractivity (Wildman–Crippen MR) is 75.6 cm³/mol. The number of phosphoric acid groups is 1. The molecule has 1 saturated heterocycles. The summed E-state index contributed by atoms with van der Waals surface area (Å²) in [5.74, 6) is 0.439. The van der Waals surface area contributed by atoms with Gasteiger partial charge < -0.3 is 25.4 Å². The molecular weight excluding hydrogens is 329 g/mol. The van der Waals surface area contributed by atoms with Gasteiger partial charge in [-0.05, 0) is 0 Å². The Kier molecular flexibility index (Phi) is 4.08. The van der Waals surface area contributed by atoms with Crippen LogP contribution in [-0.2, 0) is 20.9 Å². The summed E-state index contributed by atoms with van der Waals surface area (Å²) in [6.45, 7) is -0.418. The molecule has 5 N–H and O–H groups in total. The van der Waals surface area contributed by atoms with Crippen molar-refractivity contribution in [3.63, 3.8) is 0 Å². The maximum absolute atomic E-state index is 10.7. The molecule has 1 aliphatic rings. The fourth-order valence-electron chi connectivity index (χ4n) is 2.45. The van der Waals surface area contributed by atoms with Gasteiger partial charge in [-0.15, -0.1) is 0 Å². The Hall–Kier alpha value is -1.62.